The molecule has 216 valence electrons. The molecular weight excluding hydrogens is 556 g/mol. The molecule has 1 saturated carbocycles. The first kappa shape index (κ1) is 29.0. The first-order valence-corrected chi connectivity index (χ1v) is 17.2. The Labute approximate surface area is 246 Å². The van der Waals surface area contributed by atoms with Gasteiger partial charge >= 0.3 is 6.09 Å². The lowest BCUT2D eigenvalue weighted by Gasteiger charge is -2.37. The van der Waals surface area contributed by atoms with Crippen LogP contribution in [-0.2, 0) is 15.7 Å². The van der Waals surface area contributed by atoms with Gasteiger partial charge in [-0.1, -0.05) is 50.6 Å². The lowest BCUT2D eigenvalue weighted by molar-refractivity contribution is 0.0698. The number of pyridine rings is 1. The maximum absolute atomic E-state index is 13.0. The van der Waals surface area contributed by atoms with Crippen LogP contribution < -0.4 is 10.6 Å². The SMILES string of the molecule is CC(C)(C)[Si](C)(C)OCC(OC(=O)Nc1cc(NCc2cn3cc(C4CC4)ccc3n2)ncn1)c1cccc(Cl)c1. The van der Waals surface area contributed by atoms with Gasteiger partial charge in [0, 0.05) is 23.5 Å². The smallest absolute Gasteiger partial charge is 0.413 e. The van der Waals surface area contributed by atoms with Crippen LogP contribution in [0.1, 0.15) is 62.5 Å². The van der Waals surface area contributed by atoms with E-state index in [0.29, 0.717) is 29.1 Å². The van der Waals surface area contributed by atoms with Crippen molar-refractivity contribution in [3.63, 3.8) is 0 Å². The van der Waals surface area contributed by atoms with E-state index in [0.717, 1.165) is 16.9 Å². The van der Waals surface area contributed by atoms with Gasteiger partial charge in [0.2, 0.25) is 0 Å². The van der Waals surface area contributed by atoms with Gasteiger partial charge in [-0.3, -0.25) is 5.32 Å². The molecule has 3 heterocycles. The Morgan fingerprint density at radius 1 is 1.12 bits per heavy atom. The van der Waals surface area contributed by atoms with Crippen molar-refractivity contribution in [1.82, 2.24) is 19.4 Å². The molecule has 0 aliphatic heterocycles. The van der Waals surface area contributed by atoms with Gasteiger partial charge in [-0.15, -0.1) is 0 Å². The standard InChI is InChI=1S/C30H37ClN6O3Si/c1-30(2,3)41(4,5)39-18-25(21-7-6-8-23(31)13-21)40-29(38)36-27-14-26(33-19-34-27)32-15-24-17-37-16-22(20-9-10-20)11-12-28(37)35-24/h6-8,11-14,16-17,19-20,25H,9-10,15,18H2,1-5H3,(H2,32,33,34,36,38). The number of rotatable bonds is 10. The summed E-state index contributed by atoms with van der Waals surface area (Å²) in [6.07, 6.45) is 6.81. The van der Waals surface area contributed by atoms with Crippen LogP contribution in [0.4, 0.5) is 16.4 Å². The number of hydrogen-bond acceptors (Lipinski definition) is 7. The van der Waals surface area contributed by atoms with Gasteiger partial charge in [-0.05, 0) is 66.2 Å². The first-order valence-electron chi connectivity index (χ1n) is 13.9. The fourth-order valence-corrected chi connectivity index (χ4v) is 5.38. The number of ether oxygens (including phenoxy) is 1. The summed E-state index contributed by atoms with van der Waals surface area (Å²) in [4.78, 5) is 26.1. The molecule has 9 nitrogen and oxygen atoms in total. The number of hydrogen-bond donors (Lipinski definition) is 2. The maximum atomic E-state index is 13.0. The summed E-state index contributed by atoms with van der Waals surface area (Å²) in [7, 11) is -2.08. The molecule has 5 rings (SSSR count). The van der Waals surface area contributed by atoms with Gasteiger partial charge in [0.05, 0.1) is 18.8 Å². The van der Waals surface area contributed by atoms with Gasteiger partial charge in [0.25, 0.3) is 0 Å². The third kappa shape index (κ3) is 7.44. The quantitative estimate of drug-likeness (QED) is 0.183. The van der Waals surface area contributed by atoms with E-state index in [1.54, 1.807) is 18.2 Å². The highest BCUT2D eigenvalue weighted by atomic mass is 35.5. The van der Waals surface area contributed by atoms with Crippen LogP contribution in [0.2, 0.25) is 23.2 Å². The van der Waals surface area contributed by atoms with Crippen molar-refractivity contribution in [1.29, 1.82) is 0 Å². The zero-order chi connectivity index (χ0) is 29.2. The molecule has 3 aromatic heterocycles. The minimum atomic E-state index is -2.08. The van der Waals surface area contributed by atoms with Crippen molar-refractivity contribution >= 4 is 43.3 Å². The predicted molar refractivity (Wildman–Crippen MR) is 164 cm³/mol. The number of amides is 1. The van der Waals surface area contributed by atoms with E-state index in [4.69, 9.17) is 20.8 Å². The van der Waals surface area contributed by atoms with E-state index < -0.39 is 20.5 Å². The number of fused-ring (bicyclic) bond motifs is 1. The van der Waals surface area contributed by atoms with Gasteiger partial charge < -0.3 is 18.9 Å². The van der Waals surface area contributed by atoms with Crippen LogP contribution in [-0.4, -0.2) is 40.4 Å². The molecule has 1 amide bonds. The fraction of sp³-hybridized carbons (Fsp3) is 0.400. The van der Waals surface area contributed by atoms with Crippen LogP contribution in [0.15, 0.2) is 61.2 Å². The second-order valence-corrected chi connectivity index (χ2v) is 17.3. The Balaban J connectivity index is 1.21. The Morgan fingerprint density at radius 3 is 2.63 bits per heavy atom. The number of nitrogens with one attached hydrogen (secondary N) is 2. The summed E-state index contributed by atoms with van der Waals surface area (Å²) >= 11 is 6.24. The summed E-state index contributed by atoms with van der Waals surface area (Å²) in [6.45, 7) is 11.5. The van der Waals surface area contributed by atoms with E-state index in [1.165, 1.54) is 24.7 Å². The number of carbonyl (C=O) groups excluding carboxylic acids is 1. The molecule has 1 aromatic carbocycles. The number of imidazole rings is 1. The highest BCUT2D eigenvalue weighted by molar-refractivity contribution is 6.74. The lowest BCUT2D eigenvalue weighted by Crippen LogP contribution is -2.42. The Kier molecular flexibility index (Phi) is 8.35. The zero-order valence-corrected chi connectivity index (χ0v) is 25.9. The molecule has 1 aliphatic rings. The number of aromatic nitrogens is 4. The molecule has 1 aliphatic carbocycles. The summed E-state index contributed by atoms with van der Waals surface area (Å²) in [5.41, 5.74) is 3.91. The molecule has 41 heavy (non-hydrogen) atoms. The van der Waals surface area contributed by atoms with E-state index in [1.807, 2.05) is 18.3 Å². The monoisotopic (exact) mass is 592 g/mol. The molecule has 0 spiro atoms. The van der Waals surface area contributed by atoms with Gasteiger partial charge in [0.1, 0.15) is 23.6 Å². The van der Waals surface area contributed by atoms with Crippen LogP contribution in [0.5, 0.6) is 0 Å². The molecule has 1 atom stereocenters. The highest BCUT2D eigenvalue weighted by Crippen LogP contribution is 2.40. The maximum Gasteiger partial charge on any atom is 0.413 e. The highest BCUT2D eigenvalue weighted by Gasteiger charge is 2.38. The summed E-state index contributed by atoms with van der Waals surface area (Å²) in [5.74, 6) is 1.55. The van der Waals surface area contributed by atoms with Gasteiger partial charge in [-0.25, -0.2) is 19.7 Å². The zero-order valence-electron chi connectivity index (χ0n) is 24.1. The number of nitrogens with zero attached hydrogens (tertiary/aromatic N) is 4. The lowest BCUT2D eigenvalue weighted by atomic mass is 10.1. The average Bonchev–Trinajstić information content (AvgIpc) is 3.68. The summed E-state index contributed by atoms with van der Waals surface area (Å²) < 4.78 is 14.3. The minimum Gasteiger partial charge on any atom is -0.439 e. The van der Waals surface area contributed by atoms with Crippen molar-refractivity contribution < 1.29 is 14.0 Å². The van der Waals surface area contributed by atoms with Crippen molar-refractivity contribution in [2.75, 3.05) is 17.2 Å². The van der Waals surface area contributed by atoms with Gasteiger partial charge in [0.15, 0.2) is 14.4 Å². The molecular formula is C30H37ClN6O3Si. The Hall–Kier alpha value is -3.47. The topological polar surface area (TPSA) is 103 Å². The Morgan fingerprint density at radius 2 is 1.90 bits per heavy atom. The third-order valence-corrected chi connectivity index (χ3v) is 12.5. The summed E-state index contributed by atoms with van der Waals surface area (Å²) in [6, 6.07) is 13.1. The predicted octanol–water partition coefficient (Wildman–Crippen LogP) is 7.58. The van der Waals surface area contributed by atoms with Crippen molar-refractivity contribution in [2.45, 2.75) is 70.3 Å². The molecule has 0 saturated heterocycles. The molecule has 1 unspecified atom stereocenters. The van der Waals surface area contributed by atoms with Crippen LogP contribution in [0.25, 0.3) is 5.65 Å². The van der Waals surface area contributed by atoms with Crippen molar-refractivity contribution in [3.05, 3.63) is 83.0 Å². The van der Waals surface area contributed by atoms with Crippen LogP contribution >= 0.6 is 11.6 Å². The largest absolute Gasteiger partial charge is 0.439 e. The average molecular weight is 593 g/mol. The number of halogens is 1. The van der Waals surface area contributed by atoms with E-state index in [2.05, 4.69) is 82.2 Å². The Bertz CT molecular complexity index is 1530. The third-order valence-electron chi connectivity index (χ3n) is 7.79. The van der Waals surface area contributed by atoms with Crippen molar-refractivity contribution in [2.24, 2.45) is 0 Å². The number of benzene rings is 1. The fourth-order valence-electron chi connectivity index (χ4n) is 4.18. The number of carbonyl (C=O) groups is 1. The minimum absolute atomic E-state index is 0.0152. The van der Waals surface area contributed by atoms with E-state index in [9.17, 15) is 4.79 Å². The molecule has 0 bridgehead atoms. The van der Waals surface area contributed by atoms with E-state index >= 15 is 0 Å². The first-order chi connectivity index (χ1) is 19.5. The van der Waals surface area contributed by atoms with E-state index in [-0.39, 0.29) is 11.6 Å². The molecule has 0 radical (unpaired) electrons. The normalized spacial score (nSPS) is 14.6. The van der Waals surface area contributed by atoms with Crippen LogP contribution in [0.3, 0.4) is 0 Å². The summed E-state index contributed by atoms with van der Waals surface area (Å²) in [5, 5.41) is 6.55. The second-order valence-electron chi connectivity index (χ2n) is 12.0. The second kappa shape index (κ2) is 11.8. The van der Waals surface area contributed by atoms with Crippen LogP contribution in [0, 0.1) is 0 Å². The molecule has 1 fully saturated rings. The molecule has 2 N–H and O–H groups in total. The van der Waals surface area contributed by atoms with Crippen molar-refractivity contribution in [3.8, 4) is 0 Å². The molecule has 11 heteroatoms. The van der Waals surface area contributed by atoms with Gasteiger partial charge in [-0.2, -0.15) is 0 Å². The number of anilines is 2. The molecule has 4 aromatic rings.